The zero-order chi connectivity index (χ0) is 13.3. The van der Waals surface area contributed by atoms with Crippen molar-refractivity contribution < 1.29 is 19.5 Å². The molecule has 6 nitrogen and oxygen atoms in total. The van der Waals surface area contributed by atoms with E-state index in [9.17, 15) is 14.4 Å². The van der Waals surface area contributed by atoms with Gasteiger partial charge >= 0.3 is 5.97 Å². The fourth-order valence-corrected chi connectivity index (χ4v) is 2.34. The molecule has 0 spiro atoms. The Labute approximate surface area is 106 Å². The van der Waals surface area contributed by atoms with Gasteiger partial charge in [-0.2, -0.15) is 0 Å². The lowest BCUT2D eigenvalue weighted by Crippen LogP contribution is -2.40. The molecule has 2 fully saturated rings. The van der Waals surface area contributed by atoms with Crippen LogP contribution in [0.25, 0.3) is 0 Å². The van der Waals surface area contributed by atoms with Gasteiger partial charge in [0, 0.05) is 32.6 Å². The molecule has 1 saturated heterocycles. The normalized spacial score (nSPS) is 23.3. The van der Waals surface area contributed by atoms with Gasteiger partial charge in [0.05, 0.1) is 12.3 Å². The average Bonchev–Trinajstić information content (AvgIpc) is 3.06. The highest BCUT2D eigenvalue weighted by Gasteiger charge is 2.39. The number of carbonyl (C=O) groups is 3. The topological polar surface area (TPSA) is 77.9 Å². The summed E-state index contributed by atoms with van der Waals surface area (Å²) in [6, 6.07) is 0.192. The van der Waals surface area contributed by atoms with Gasteiger partial charge in [-0.3, -0.25) is 14.4 Å². The van der Waals surface area contributed by atoms with E-state index in [1.54, 1.807) is 16.8 Å². The minimum atomic E-state index is -0.895. The largest absolute Gasteiger partial charge is 0.481 e. The van der Waals surface area contributed by atoms with Gasteiger partial charge in [-0.05, 0) is 12.8 Å². The second kappa shape index (κ2) is 4.96. The standard InChI is InChI=1S/C12H18N2O4/c1-13-7-8(6-10(13)15)12(18)14(9-2-3-9)5-4-11(16)17/h8-9H,2-7H2,1H3,(H,16,17). The first-order valence-corrected chi connectivity index (χ1v) is 6.25. The molecule has 1 unspecified atom stereocenters. The minimum Gasteiger partial charge on any atom is -0.481 e. The Bertz CT molecular complexity index is 378. The number of aliphatic carboxylic acids is 1. The van der Waals surface area contributed by atoms with E-state index in [1.165, 1.54) is 0 Å². The van der Waals surface area contributed by atoms with Crippen molar-refractivity contribution in [2.75, 3.05) is 20.1 Å². The van der Waals surface area contributed by atoms with Crippen LogP contribution in [0.15, 0.2) is 0 Å². The lowest BCUT2D eigenvalue weighted by Gasteiger charge is -2.24. The van der Waals surface area contributed by atoms with Gasteiger partial charge in [0.1, 0.15) is 0 Å². The first kappa shape index (κ1) is 12.9. The van der Waals surface area contributed by atoms with Crippen molar-refractivity contribution in [3.05, 3.63) is 0 Å². The highest BCUT2D eigenvalue weighted by molar-refractivity contribution is 5.89. The Morgan fingerprint density at radius 1 is 1.44 bits per heavy atom. The second-order valence-electron chi connectivity index (χ2n) is 5.08. The highest BCUT2D eigenvalue weighted by Crippen LogP contribution is 2.30. The van der Waals surface area contributed by atoms with Crippen LogP contribution in [-0.2, 0) is 14.4 Å². The summed E-state index contributed by atoms with van der Waals surface area (Å²) in [6.45, 7) is 0.710. The van der Waals surface area contributed by atoms with Crippen LogP contribution < -0.4 is 0 Å². The lowest BCUT2D eigenvalue weighted by atomic mass is 10.1. The van der Waals surface area contributed by atoms with Crippen LogP contribution in [0, 0.1) is 5.92 Å². The molecule has 1 saturated carbocycles. The summed E-state index contributed by atoms with van der Waals surface area (Å²) in [4.78, 5) is 37.5. The third kappa shape index (κ3) is 2.80. The third-order valence-electron chi connectivity index (χ3n) is 3.53. The zero-order valence-corrected chi connectivity index (χ0v) is 10.5. The molecular formula is C12H18N2O4. The number of nitrogens with zero attached hydrogens (tertiary/aromatic N) is 2. The molecule has 1 heterocycles. The number of likely N-dealkylation sites (tertiary alicyclic amines) is 1. The Balaban J connectivity index is 1.95. The predicted octanol–water partition coefficient (Wildman–Crippen LogP) is -0.0696. The van der Waals surface area contributed by atoms with Crippen molar-refractivity contribution >= 4 is 17.8 Å². The zero-order valence-electron chi connectivity index (χ0n) is 10.5. The van der Waals surface area contributed by atoms with Crippen LogP contribution in [0.4, 0.5) is 0 Å². The first-order chi connectivity index (χ1) is 8.49. The predicted molar refractivity (Wildman–Crippen MR) is 62.7 cm³/mol. The molecule has 1 N–H and O–H groups in total. The average molecular weight is 254 g/mol. The fourth-order valence-electron chi connectivity index (χ4n) is 2.34. The molecule has 0 bridgehead atoms. The molecular weight excluding hydrogens is 236 g/mol. The number of hydrogen-bond acceptors (Lipinski definition) is 3. The number of hydrogen-bond donors (Lipinski definition) is 1. The van der Waals surface area contributed by atoms with Crippen molar-refractivity contribution in [3.8, 4) is 0 Å². The van der Waals surface area contributed by atoms with Crippen molar-refractivity contribution in [2.24, 2.45) is 5.92 Å². The van der Waals surface area contributed by atoms with Gasteiger partial charge in [0.15, 0.2) is 0 Å². The molecule has 18 heavy (non-hydrogen) atoms. The van der Waals surface area contributed by atoms with Crippen molar-refractivity contribution in [2.45, 2.75) is 31.7 Å². The Morgan fingerprint density at radius 2 is 2.11 bits per heavy atom. The summed E-state index contributed by atoms with van der Waals surface area (Å²) in [5, 5.41) is 8.70. The molecule has 0 aromatic rings. The number of amides is 2. The van der Waals surface area contributed by atoms with Crippen molar-refractivity contribution in [1.29, 1.82) is 0 Å². The van der Waals surface area contributed by atoms with Crippen LogP contribution in [0.5, 0.6) is 0 Å². The minimum absolute atomic E-state index is 0.0117. The van der Waals surface area contributed by atoms with Crippen LogP contribution in [-0.4, -0.2) is 58.9 Å². The van der Waals surface area contributed by atoms with Crippen LogP contribution in [0.3, 0.4) is 0 Å². The molecule has 0 aromatic carbocycles. The Hall–Kier alpha value is -1.59. The van der Waals surface area contributed by atoms with E-state index in [4.69, 9.17) is 5.11 Å². The SMILES string of the molecule is CN1CC(C(=O)N(CCC(=O)O)C2CC2)CC1=O. The van der Waals surface area contributed by atoms with E-state index in [0.717, 1.165) is 12.8 Å². The second-order valence-corrected chi connectivity index (χ2v) is 5.08. The molecule has 6 heteroatoms. The van der Waals surface area contributed by atoms with Gasteiger partial charge in [0.2, 0.25) is 11.8 Å². The van der Waals surface area contributed by atoms with E-state index in [0.29, 0.717) is 6.54 Å². The maximum absolute atomic E-state index is 12.3. The smallest absolute Gasteiger partial charge is 0.305 e. The summed E-state index contributed by atoms with van der Waals surface area (Å²) < 4.78 is 0. The van der Waals surface area contributed by atoms with E-state index >= 15 is 0 Å². The van der Waals surface area contributed by atoms with E-state index in [2.05, 4.69) is 0 Å². The van der Waals surface area contributed by atoms with Gasteiger partial charge in [0.25, 0.3) is 0 Å². The molecule has 1 aliphatic carbocycles. The number of rotatable bonds is 5. The molecule has 2 rings (SSSR count). The van der Waals surface area contributed by atoms with Crippen LogP contribution in [0.2, 0.25) is 0 Å². The quantitative estimate of drug-likeness (QED) is 0.745. The Kier molecular flexibility index (Phi) is 3.54. The highest BCUT2D eigenvalue weighted by atomic mass is 16.4. The third-order valence-corrected chi connectivity index (χ3v) is 3.53. The maximum Gasteiger partial charge on any atom is 0.305 e. The van der Waals surface area contributed by atoms with Crippen LogP contribution >= 0.6 is 0 Å². The van der Waals surface area contributed by atoms with E-state index in [1.807, 2.05) is 0 Å². The van der Waals surface area contributed by atoms with Crippen molar-refractivity contribution in [1.82, 2.24) is 9.80 Å². The summed E-state index contributed by atoms with van der Waals surface area (Å²) in [6.07, 6.45) is 2.12. The summed E-state index contributed by atoms with van der Waals surface area (Å²) in [7, 11) is 1.69. The van der Waals surface area contributed by atoms with Crippen molar-refractivity contribution in [3.63, 3.8) is 0 Å². The Morgan fingerprint density at radius 3 is 2.56 bits per heavy atom. The molecule has 100 valence electrons. The number of carboxylic acid groups (broad SMARTS) is 1. The number of carbonyl (C=O) groups excluding carboxylic acids is 2. The maximum atomic E-state index is 12.3. The first-order valence-electron chi connectivity index (χ1n) is 6.25. The molecule has 1 aliphatic heterocycles. The summed E-state index contributed by atoms with van der Waals surface area (Å²) >= 11 is 0. The summed E-state index contributed by atoms with van der Waals surface area (Å²) in [5.74, 6) is -1.26. The molecule has 1 atom stereocenters. The molecule has 0 aromatic heterocycles. The van der Waals surface area contributed by atoms with Gasteiger partial charge in [-0.25, -0.2) is 0 Å². The lowest BCUT2D eigenvalue weighted by molar-refractivity contribution is -0.140. The van der Waals surface area contributed by atoms with E-state index < -0.39 is 5.97 Å². The molecule has 2 amide bonds. The van der Waals surface area contributed by atoms with Gasteiger partial charge in [-0.15, -0.1) is 0 Å². The molecule has 2 aliphatic rings. The monoisotopic (exact) mass is 254 g/mol. The van der Waals surface area contributed by atoms with E-state index in [-0.39, 0.29) is 43.2 Å². The fraction of sp³-hybridized carbons (Fsp3) is 0.750. The number of carboxylic acids is 1. The molecule has 0 radical (unpaired) electrons. The van der Waals surface area contributed by atoms with Gasteiger partial charge < -0.3 is 14.9 Å². The van der Waals surface area contributed by atoms with Gasteiger partial charge in [-0.1, -0.05) is 0 Å². The van der Waals surface area contributed by atoms with Crippen LogP contribution in [0.1, 0.15) is 25.7 Å². The summed E-state index contributed by atoms with van der Waals surface area (Å²) in [5.41, 5.74) is 0.